The Kier molecular flexibility index (Phi) is 5.21. The minimum Gasteiger partial charge on any atom is -0.409 e. The van der Waals surface area contributed by atoms with Crippen molar-refractivity contribution in [2.75, 3.05) is 6.54 Å². The Hall–Kier alpha value is -0.810. The Morgan fingerprint density at radius 1 is 1.53 bits per heavy atom. The molecule has 0 amide bonds. The van der Waals surface area contributed by atoms with Crippen LogP contribution in [0.25, 0.3) is 0 Å². The van der Waals surface area contributed by atoms with E-state index in [-0.39, 0.29) is 11.9 Å². The first kappa shape index (κ1) is 14.3. The van der Waals surface area contributed by atoms with Crippen LogP contribution in [0.2, 0.25) is 0 Å². The molecule has 1 fully saturated rings. The zero-order chi connectivity index (χ0) is 12.9. The molecule has 1 saturated carbocycles. The maximum atomic E-state index is 10.4. The van der Waals surface area contributed by atoms with E-state index < -0.39 is 5.60 Å². The number of nitrogens with one attached hydrogen (secondary N) is 1. The highest BCUT2D eigenvalue weighted by atomic mass is 16.4. The molecule has 1 unspecified atom stereocenters. The summed E-state index contributed by atoms with van der Waals surface area (Å²) >= 11 is 0. The van der Waals surface area contributed by atoms with E-state index in [9.17, 15) is 5.11 Å². The van der Waals surface area contributed by atoms with Crippen LogP contribution in [0, 0.1) is 5.92 Å². The van der Waals surface area contributed by atoms with E-state index in [1.165, 1.54) is 0 Å². The van der Waals surface area contributed by atoms with Crippen LogP contribution in [0.3, 0.4) is 0 Å². The van der Waals surface area contributed by atoms with Gasteiger partial charge in [0.25, 0.3) is 0 Å². The first-order valence-corrected chi connectivity index (χ1v) is 6.37. The molecule has 1 aliphatic carbocycles. The normalized spacial score (nSPS) is 32.4. The molecule has 5 heteroatoms. The second kappa shape index (κ2) is 6.21. The monoisotopic (exact) mass is 243 g/mol. The zero-order valence-electron chi connectivity index (χ0n) is 10.8. The predicted octanol–water partition coefficient (Wildman–Crippen LogP) is 1.04. The molecule has 1 aliphatic rings. The van der Waals surface area contributed by atoms with Crippen LogP contribution in [0.15, 0.2) is 5.16 Å². The lowest BCUT2D eigenvalue weighted by molar-refractivity contribution is -0.00766. The topological polar surface area (TPSA) is 90.9 Å². The van der Waals surface area contributed by atoms with E-state index in [2.05, 4.69) is 17.4 Å². The molecule has 0 aliphatic heterocycles. The van der Waals surface area contributed by atoms with Crippen molar-refractivity contribution in [2.24, 2.45) is 16.8 Å². The van der Waals surface area contributed by atoms with Gasteiger partial charge >= 0.3 is 0 Å². The number of oxime groups is 1. The lowest BCUT2D eigenvalue weighted by atomic mass is 9.79. The average molecular weight is 243 g/mol. The molecule has 0 bridgehead atoms. The van der Waals surface area contributed by atoms with Gasteiger partial charge in [-0.15, -0.1) is 0 Å². The minimum atomic E-state index is -0.577. The van der Waals surface area contributed by atoms with E-state index in [1.807, 2.05) is 6.92 Å². The molecule has 17 heavy (non-hydrogen) atoms. The molecule has 5 nitrogen and oxygen atoms in total. The maximum Gasteiger partial charge on any atom is 0.140 e. The first-order chi connectivity index (χ1) is 7.95. The molecule has 1 atom stereocenters. The molecule has 0 saturated heterocycles. The highest BCUT2D eigenvalue weighted by molar-refractivity contribution is 5.80. The molecule has 0 spiro atoms. The molecule has 0 aromatic carbocycles. The lowest BCUT2D eigenvalue weighted by Crippen LogP contribution is -2.46. The van der Waals surface area contributed by atoms with Crippen molar-refractivity contribution in [3.05, 3.63) is 0 Å². The van der Waals surface area contributed by atoms with Gasteiger partial charge in [0.1, 0.15) is 5.84 Å². The van der Waals surface area contributed by atoms with Crippen molar-refractivity contribution in [3.8, 4) is 0 Å². The predicted molar refractivity (Wildman–Crippen MR) is 68.1 cm³/mol. The Morgan fingerprint density at radius 2 is 2.12 bits per heavy atom. The fourth-order valence-corrected chi connectivity index (χ4v) is 2.27. The van der Waals surface area contributed by atoms with Gasteiger partial charge in [0.15, 0.2) is 0 Å². The summed E-state index contributed by atoms with van der Waals surface area (Å²) in [4.78, 5) is 0. The van der Waals surface area contributed by atoms with E-state index in [0.717, 1.165) is 31.6 Å². The summed E-state index contributed by atoms with van der Waals surface area (Å²) in [6.07, 6.45) is 4.39. The largest absolute Gasteiger partial charge is 0.409 e. The fraction of sp³-hybridized carbons (Fsp3) is 0.917. The van der Waals surface area contributed by atoms with Crippen LogP contribution in [0.4, 0.5) is 0 Å². The fourth-order valence-electron chi connectivity index (χ4n) is 2.27. The number of hydrogen-bond acceptors (Lipinski definition) is 4. The van der Waals surface area contributed by atoms with Crippen LogP contribution in [-0.2, 0) is 0 Å². The molecule has 0 aromatic rings. The Bertz CT molecular complexity index is 260. The average Bonchev–Trinajstić information content (AvgIpc) is 2.31. The van der Waals surface area contributed by atoms with Crippen molar-refractivity contribution in [1.29, 1.82) is 0 Å². The zero-order valence-corrected chi connectivity index (χ0v) is 10.8. The summed E-state index contributed by atoms with van der Waals surface area (Å²) in [5.74, 6) is 0.944. The van der Waals surface area contributed by atoms with Gasteiger partial charge in [-0.1, -0.05) is 12.1 Å². The Labute approximate surface area is 103 Å². The Balaban J connectivity index is 2.29. The number of nitrogens with two attached hydrogens (primary N) is 1. The second-order valence-electron chi connectivity index (χ2n) is 5.48. The molecule has 0 radical (unpaired) electrons. The van der Waals surface area contributed by atoms with Crippen LogP contribution >= 0.6 is 0 Å². The molecular formula is C12H25N3O2. The van der Waals surface area contributed by atoms with E-state index >= 15 is 0 Å². The molecule has 0 aromatic heterocycles. The van der Waals surface area contributed by atoms with Crippen LogP contribution < -0.4 is 11.1 Å². The second-order valence-corrected chi connectivity index (χ2v) is 5.48. The number of amidine groups is 1. The molecule has 5 N–H and O–H groups in total. The quantitative estimate of drug-likeness (QED) is 0.251. The minimum absolute atomic E-state index is 0.106. The number of nitrogens with zero attached hydrogens (tertiary/aromatic N) is 1. The third-order valence-electron chi connectivity index (χ3n) is 3.63. The highest BCUT2D eigenvalue weighted by Gasteiger charge is 2.31. The SMILES string of the molecule is CC1CCC(O)(CNC(C)CC(N)=NO)CC1. The van der Waals surface area contributed by atoms with Crippen LogP contribution in [0.5, 0.6) is 0 Å². The summed E-state index contributed by atoms with van der Waals surface area (Å²) in [5.41, 5.74) is 4.85. The maximum absolute atomic E-state index is 10.4. The van der Waals surface area contributed by atoms with Gasteiger partial charge in [-0.3, -0.25) is 0 Å². The van der Waals surface area contributed by atoms with Crippen molar-refractivity contribution < 1.29 is 10.3 Å². The van der Waals surface area contributed by atoms with Gasteiger partial charge in [-0.05, 0) is 38.5 Å². The standard InChI is InChI=1S/C12H25N3O2/c1-9-3-5-12(16,6-4-9)8-14-10(2)7-11(13)15-17/h9-10,14,16-17H,3-8H2,1-2H3,(H2,13,15). The molecule has 0 heterocycles. The number of rotatable bonds is 5. The van der Waals surface area contributed by atoms with E-state index in [1.54, 1.807) is 0 Å². The van der Waals surface area contributed by atoms with Crippen molar-refractivity contribution in [3.63, 3.8) is 0 Å². The van der Waals surface area contributed by atoms with Gasteiger partial charge in [0.2, 0.25) is 0 Å². The van der Waals surface area contributed by atoms with Gasteiger partial charge in [0, 0.05) is 19.0 Å². The van der Waals surface area contributed by atoms with Gasteiger partial charge in [0.05, 0.1) is 5.60 Å². The van der Waals surface area contributed by atoms with Crippen LogP contribution in [0.1, 0.15) is 46.0 Å². The van der Waals surface area contributed by atoms with Gasteiger partial charge in [-0.25, -0.2) is 0 Å². The number of hydrogen-bond donors (Lipinski definition) is 4. The summed E-state index contributed by atoms with van der Waals surface area (Å²) in [5, 5.41) is 25.0. The smallest absolute Gasteiger partial charge is 0.140 e. The Morgan fingerprint density at radius 3 is 2.65 bits per heavy atom. The van der Waals surface area contributed by atoms with Gasteiger partial charge in [-0.2, -0.15) is 0 Å². The first-order valence-electron chi connectivity index (χ1n) is 6.37. The van der Waals surface area contributed by atoms with Gasteiger partial charge < -0.3 is 21.4 Å². The third-order valence-corrected chi connectivity index (χ3v) is 3.63. The van der Waals surface area contributed by atoms with Crippen molar-refractivity contribution >= 4 is 5.84 Å². The molecule has 100 valence electrons. The summed E-state index contributed by atoms with van der Waals surface area (Å²) in [7, 11) is 0. The highest BCUT2D eigenvalue weighted by Crippen LogP contribution is 2.31. The van der Waals surface area contributed by atoms with Crippen molar-refractivity contribution in [2.45, 2.75) is 57.6 Å². The van der Waals surface area contributed by atoms with E-state index in [0.29, 0.717) is 13.0 Å². The van der Waals surface area contributed by atoms with Crippen LogP contribution in [-0.4, -0.2) is 34.3 Å². The molecular weight excluding hydrogens is 218 g/mol. The summed E-state index contributed by atoms with van der Waals surface area (Å²) < 4.78 is 0. The third kappa shape index (κ3) is 4.91. The molecule has 1 rings (SSSR count). The number of aliphatic hydroxyl groups is 1. The summed E-state index contributed by atoms with van der Waals surface area (Å²) in [6, 6.07) is 0.106. The lowest BCUT2D eigenvalue weighted by Gasteiger charge is -2.35. The van der Waals surface area contributed by atoms with E-state index in [4.69, 9.17) is 10.9 Å². The summed E-state index contributed by atoms with van der Waals surface area (Å²) in [6.45, 7) is 4.78. The van der Waals surface area contributed by atoms with Crippen molar-refractivity contribution in [1.82, 2.24) is 5.32 Å².